The van der Waals surface area contributed by atoms with Crippen LogP contribution in [0.4, 0.5) is 5.69 Å². The molecule has 1 aliphatic heterocycles. The minimum Gasteiger partial charge on any atom is -0.497 e. The molecular weight excluding hydrogens is 336 g/mol. The molecule has 3 aromatic rings. The van der Waals surface area contributed by atoms with Crippen LogP contribution in [0.1, 0.15) is 10.4 Å². The molecule has 132 valence electrons. The quantitative estimate of drug-likeness (QED) is 0.557. The van der Waals surface area contributed by atoms with E-state index in [1.165, 1.54) is 6.20 Å². The van der Waals surface area contributed by atoms with Crippen molar-refractivity contribution < 1.29 is 23.8 Å². The van der Waals surface area contributed by atoms with Crippen molar-refractivity contribution in [3.8, 4) is 17.2 Å². The molecule has 7 heteroatoms. The number of nitrogens with one attached hydrogen (secondary N) is 2. The Kier molecular flexibility index (Phi) is 3.96. The van der Waals surface area contributed by atoms with Crippen molar-refractivity contribution in [2.75, 3.05) is 25.6 Å². The fraction of sp³-hybridized carbons (Fsp3) is 0.158. The van der Waals surface area contributed by atoms with Gasteiger partial charge < -0.3 is 24.5 Å². The average Bonchev–Trinajstić information content (AvgIpc) is 3.10. The van der Waals surface area contributed by atoms with E-state index in [0.29, 0.717) is 41.5 Å². The molecule has 26 heavy (non-hydrogen) atoms. The summed E-state index contributed by atoms with van der Waals surface area (Å²) in [5, 5.41) is 3.24. The van der Waals surface area contributed by atoms with Gasteiger partial charge in [0.05, 0.1) is 12.7 Å². The summed E-state index contributed by atoms with van der Waals surface area (Å²) in [6.45, 7) is 0.932. The van der Waals surface area contributed by atoms with Crippen LogP contribution >= 0.6 is 0 Å². The van der Waals surface area contributed by atoms with Gasteiger partial charge in [0, 0.05) is 28.9 Å². The highest BCUT2D eigenvalue weighted by Gasteiger charge is 2.21. The molecule has 2 heterocycles. The Morgan fingerprint density at radius 2 is 1.88 bits per heavy atom. The lowest BCUT2D eigenvalue weighted by atomic mass is 10.1. The summed E-state index contributed by atoms with van der Waals surface area (Å²) in [7, 11) is 1.55. The molecule has 0 saturated carbocycles. The highest BCUT2D eigenvalue weighted by atomic mass is 16.6. The summed E-state index contributed by atoms with van der Waals surface area (Å²) in [4.78, 5) is 28.0. The number of aromatic amines is 1. The van der Waals surface area contributed by atoms with Crippen molar-refractivity contribution >= 4 is 28.3 Å². The number of Topliss-reactive ketones (excluding diaryl/α,β-unsaturated/α-hetero) is 1. The zero-order valence-electron chi connectivity index (χ0n) is 14.0. The third kappa shape index (κ3) is 2.83. The molecule has 1 aliphatic rings. The van der Waals surface area contributed by atoms with E-state index in [1.54, 1.807) is 43.5 Å². The highest BCUT2D eigenvalue weighted by Crippen LogP contribution is 2.32. The van der Waals surface area contributed by atoms with Crippen LogP contribution in [0.25, 0.3) is 10.9 Å². The lowest BCUT2D eigenvalue weighted by Crippen LogP contribution is -2.23. The highest BCUT2D eigenvalue weighted by molar-refractivity contribution is 6.48. The molecule has 7 nitrogen and oxygen atoms in total. The van der Waals surface area contributed by atoms with Crippen molar-refractivity contribution in [3.63, 3.8) is 0 Å². The Bertz CT molecular complexity index is 1010. The molecule has 1 aromatic heterocycles. The van der Waals surface area contributed by atoms with E-state index in [2.05, 4.69) is 10.3 Å². The van der Waals surface area contributed by atoms with E-state index >= 15 is 0 Å². The lowest BCUT2D eigenvalue weighted by molar-refractivity contribution is -0.112. The molecule has 0 spiro atoms. The van der Waals surface area contributed by atoms with Crippen LogP contribution in [0.5, 0.6) is 17.2 Å². The summed E-state index contributed by atoms with van der Waals surface area (Å²) >= 11 is 0. The molecule has 2 N–H and O–H groups in total. The first-order valence-corrected chi connectivity index (χ1v) is 8.06. The molecule has 0 saturated heterocycles. The van der Waals surface area contributed by atoms with E-state index in [-0.39, 0.29) is 5.56 Å². The number of carbonyl (C=O) groups is 2. The molecule has 4 rings (SSSR count). The number of aromatic nitrogens is 1. The van der Waals surface area contributed by atoms with E-state index < -0.39 is 11.7 Å². The van der Waals surface area contributed by atoms with Crippen molar-refractivity contribution in [2.45, 2.75) is 0 Å². The standard InChI is InChI=1S/C19H16N2O5/c1-24-12-3-4-15-13(9-12)14(10-20-15)18(22)19(23)21-11-2-5-16-17(8-11)26-7-6-25-16/h2-5,8-10,20H,6-7H2,1H3,(H,21,23). The van der Waals surface area contributed by atoms with E-state index in [0.717, 1.165) is 5.52 Å². The van der Waals surface area contributed by atoms with Gasteiger partial charge in [-0.15, -0.1) is 0 Å². The number of ether oxygens (including phenoxy) is 3. The fourth-order valence-corrected chi connectivity index (χ4v) is 2.85. The molecule has 1 amide bonds. The van der Waals surface area contributed by atoms with Crippen molar-refractivity contribution in [3.05, 3.63) is 48.2 Å². The van der Waals surface area contributed by atoms with E-state index in [4.69, 9.17) is 14.2 Å². The van der Waals surface area contributed by atoms with Crippen LogP contribution in [-0.4, -0.2) is 37.0 Å². The Morgan fingerprint density at radius 3 is 2.69 bits per heavy atom. The fourth-order valence-electron chi connectivity index (χ4n) is 2.85. The molecular formula is C19H16N2O5. The van der Waals surface area contributed by atoms with Crippen LogP contribution in [-0.2, 0) is 4.79 Å². The maximum Gasteiger partial charge on any atom is 0.296 e. The number of fused-ring (bicyclic) bond motifs is 2. The second-order valence-electron chi connectivity index (χ2n) is 5.76. The van der Waals surface area contributed by atoms with Gasteiger partial charge in [-0.3, -0.25) is 9.59 Å². The minimum atomic E-state index is -0.731. The Hall–Kier alpha value is -3.48. The predicted octanol–water partition coefficient (Wildman–Crippen LogP) is 2.77. The topological polar surface area (TPSA) is 89.7 Å². The third-order valence-electron chi connectivity index (χ3n) is 4.14. The summed E-state index contributed by atoms with van der Waals surface area (Å²) in [5.74, 6) is 0.394. The summed E-state index contributed by atoms with van der Waals surface area (Å²) < 4.78 is 16.1. The van der Waals surface area contributed by atoms with Crippen LogP contribution in [0.3, 0.4) is 0 Å². The van der Waals surface area contributed by atoms with Gasteiger partial charge in [0.1, 0.15) is 19.0 Å². The first-order chi connectivity index (χ1) is 12.7. The summed E-state index contributed by atoms with van der Waals surface area (Å²) in [5.41, 5.74) is 1.50. The molecule has 2 aromatic carbocycles. The third-order valence-corrected chi connectivity index (χ3v) is 4.14. The number of ketones is 1. The number of methoxy groups -OCH3 is 1. The number of carbonyl (C=O) groups excluding carboxylic acids is 2. The van der Waals surface area contributed by atoms with Gasteiger partial charge in [-0.2, -0.15) is 0 Å². The Balaban J connectivity index is 1.58. The maximum atomic E-state index is 12.6. The van der Waals surface area contributed by atoms with Crippen LogP contribution in [0.15, 0.2) is 42.6 Å². The number of benzene rings is 2. The lowest BCUT2D eigenvalue weighted by Gasteiger charge is -2.18. The molecule has 0 aliphatic carbocycles. The normalized spacial score (nSPS) is 12.7. The van der Waals surface area contributed by atoms with Crippen molar-refractivity contribution in [1.82, 2.24) is 4.98 Å². The summed E-state index contributed by atoms with van der Waals surface area (Å²) in [6.07, 6.45) is 1.52. The molecule has 0 bridgehead atoms. The number of hydrogen-bond donors (Lipinski definition) is 2. The maximum absolute atomic E-state index is 12.6. The number of amides is 1. The first-order valence-electron chi connectivity index (χ1n) is 8.06. The van der Waals surface area contributed by atoms with Gasteiger partial charge >= 0.3 is 0 Å². The number of H-pyrrole nitrogens is 1. The summed E-state index contributed by atoms with van der Waals surface area (Å²) in [6, 6.07) is 10.3. The van der Waals surface area contributed by atoms with Gasteiger partial charge in [0.25, 0.3) is 11.7 Å². The van der Waals surface area contributed by atoms with Crippen molar-refractivity contribution in [2.24, 2.45) is 0 Å². The molecule has 0 unspecified atom stereocenters. The van der Waals surface area contributed by atoms with Gasteiger partial charge in [0.2, 0.25) is 0 Å². The van der Waals surface area contributed by atoms with Crippen molar-refractivity contribution in [1.29, 1.82) is 0 Å². The van der Waals surface area contributed by atoms with Gasteiger partial charge in [-0.25, -0.2) is 0 Å². The number of rotatable bonds is 4. The van der Waals surface area contributed by atoms with Gasteiger partial charge in [-0.1, -0.05) is 0 Å². The smallest absolute Gasteiger partial charge is 0.296 e. The van der Waals surface area contributed by atoms with Crippen LogP contribution in [0, 0.1) is 0 Å². The molecule has 0 fully saturated rings. The Morgan fingerprint density at radius 1 is 1.08 bits per heavy atom. The zero-order chi connectivity index (χ0) is 18.1. The Labute approximate surface area is 148 Å². The first kappa shape index (κ1) is 16.0. The molecule has 0 atom stereocenters. The largest absolute Gasteiger partial charge is 0.497 e. The second kappa shape index (κ2) is 6.44. The minimum absolute atomic E-state index is 0.286. The van der Waals surface area contributed by atoms with Crippen LogP contribution < -0.4 is 19.5 Å². The number of hydrogen-bond acceptors (Lipinski definition) is 5. The van der Waals surface area contributed by atoms with Crippen LogP contribution in [0.2, 0.25) is 0 Å². The van der Waals surface area contributed by atoms with Gasteiger partial charge in [-0.05, 0) is 30.3 Å². The van der Waals surface area contributed by atoms with E-state index in [1.807, 2.05) is 0 Å². The zero-order valence-corrected chi connectivity index (χ0v) is 14.0. The SMILES string of the molecule is COc1ccc2[nH]cc(C(=O)C(=O)Nc3ccc4c(c3)OCCO4)c2c1. The average molecular weight is 352 g/mol. The monoisotopic (exact) mass is 352 g/mol. The van der Waals surface area contributed by atoms with E-state index in [9.17, 15) is 9.59 Å². The predicted molar refractivity (Wildman–Crippen MR) is 95.2 cm³/mol. The second-order valence-corrected chi connectivity index (χ2v) is 5.76. The van der Waals surface area contributed by atoms with Gasteiger partial charge in [0.15, 0.2) is 11.5 Å². The molecule has 0 radical (unpaired) electrons. The number of anilines is 1.